The van der Waals surface area contributed by atoms with Gasteiger partial charge in [-0.05, 0) is 47.9 Å². The second-order valence-electron chi connectivity index (χ2n) is 10.4. The van der Waals surface area contributed by atoms with Gasteiger partial charge in [0, 0.05) is 27.9 Å². The van der Waals surface area contributed by atoms with Crippen LogP contribution < -0.4 is 15.0 Å². The molecular formula is C36H27N3O. The standard InChI is InChI=1S/C36H27N3O/c1-3-12-24(13-4-1)39(25-14-5-2-6-15-25)31-21-10-17-26-27(31)18-9-19-28(26)36-37-30-20-11-23-33-34(30)35(38-36)29-16-7-8-22-32(29)40-33/h1-23,30,34-35H,(H,37,38). The SMILES string of the molecule is C1=CC2N=C(c3cccc4c(N(c5ccccc5)c5ccccc5)cccc34)NC3c4ccccc4OC(=C1)C23. The quantitative estimate of drug-likeness (QED) is 0.261. The molecule has 4 nitrogen and oxygen atoms in total. The minimum Gasteiger partial charge on any atom is -0.461 e. The Kier molecular flexibility index (Phi) is 5.30. The van der Waals surface area contributed by atoms with Crippen LogP contribution in [0.4, 0.5) is 17.1 Å². The lowest BCUT2D eigenvalue weighted by Gasteiger charge is -2.42. The molecule has 0 bridgehead atoms. The molecule has 0 saturated heterocycles. The van der Waals surface area contributed by atoms with Crippen LogP contribution in [0.15, 0.2) is 150 Å². The van der Waals surface area contributed by atoms with Crippen LogP contribution in [0.3, 0.4) is 0 Å². The largest absolute Gasteiger partial charge is 0.461 e. The predicted octanol–water partition coefficient (Wildman–Crippen LogP) is 8.23. The van der Waals surface area contributed by atoms with E-state index >= 15 is 0 Å². The molecule has 4 heteroatoms. The molecule has 0 fully saturated rings. The molecule has 2 aliphatic heterocycles. The molecule has 5 aromatic rings. The van der Waals surface area contributed by atoms with Gasteiger partial charge in [0.2, 0.25) is 0 Å². The molecule has 0 spiro atoms. The smallest absolute Gasteiger partial charge is 0.132 e. The molecule has 192 valence electrons. The summed E-state index contributed by atoms with van der Waals surface area (Å²) in [6.07, 6.45) is 6.35. The lowest BCUT2D eigenvalue weighted by molar-refractivity contribution is 0.243. The van der Waals surface area contributed by atoms with E-state index in [0.717, 1.165) is 45.4 Å². The third-order valence-electron chi connectivity index (χ3n) is 8.10. The van der Waals surface area contributed by atoms with E-state index in [1.54, 1.807) is 0 Å². The molecule has 0 saturated carbocycles. The molecule has 0 aromatic heterocycles. The van der Waals surface area contributed by atoms with E-state index in [2.05, 4.69) is 144 Å². The van der Waals surface area contributed by atoms with E-state index in [0.29, 0.717) is 0 Å². The van der Waals surface area contributed by atoms with Crippen molar-refractivity contribution in [3.05, 3.63) is 156 Å². The number of hydrogen-bond acceptors (Lipinski definition) is 4. The second kappa shape index (κ2) is 9.28. The Morgan fingerprint density at radius 3 is 2.17 bits per heavy atom. The number of amidine groups is 1. The van der Waals surface area contributed by atoms with Crippen LogP contribution in [0.1, 0.15) is 17.2 Å². The first-order valence-corrected chi connectivity index (χ1v) is 13.8. The van der Waals surface area contributed by atoms with Crippen molar-refractivity contribution >= 4 is 33.7 Å². The summed E-state index contributed by atoms with van der Waals surface area (Å²) in [6, 6.07) is 42.6. The number of aliphatic imine (C=N–C) groups is 1. The topological polar surface area (TPSA) is 36.9 Å². The molecule has 0 radical (unpaired) electrons. The van der Waals surface area contributed by atoms with E-state index < -0.39 is 0 Å². The maximum absolute atomic E-state index is 6.30. The van der Waals surface area contributed by atoms with E-state index in [1.807, 2.05) is 6.07 Å². The van der Waals surface area contributed by atoms with Crippen LogP contribution in [-0.4, -0.2) is 11.9 Å². The highest BCUT2D eigenvalue weighted by molar-refractivity contribution is 6.13. The van der Waals surface area contributed by atoms with Gasteiger partial charge in [-0.1, -0.05) is 97.1 Å². The van der Waals surface area contributed by atoms with Crippen LogP contribution in [0, 0.1) is 5.92 Å². The van der Waals surface area contributed by atoms with Gasteiger partial charge < -0.3 is 15.0 Å². The number of nitrogens with zero attached hydrogens (tertiary/aromatic N) is 2. The van der Waals surface area contributed by atoms with Crippen molar-refractivity contribution < 1.29 is 4.74 Å². The summed E-state index contributed by atoms with van der Waals surface area (Å²) in [4.78, 5) is 7.58. The Morgan fingerprint density at radius 2 is 1.38 bits per heavy atom. The van der Waals surface area contributed by atoms with Crippen LogP contribution in [0.5, 0.6) is 5.75 Å². The van der Waals surface area contributed by atoms with Crippen molar-refractivity contribution in [2.75, 3.05) is 4.90 Å². The van der Waals surface area contributed by atoms with Crippen LogP contribution in [0.25, 0.3) is 10.8 Å². The molecule has 3 aliphatic rings. The van der Waals surface area contributed by atoms with Crippen LogP contribution >= 0.6 is 0 Å². The molecule has 1 aliphatic carbocycles. The minimum atomic E-state index is 0.0122. The summed E-state index contributed by atoms with van der Waals surface area (Å²) in [5.74, 6) is 2.95. The van der Waals surface area contributed by atoms with Gasteiger partial charge in [-0.3, -0.25) is 4.99 Å². The molecule has 8 rings (SSSR count). The third kappa shape index (κ3) is 3.64. The van der Waals surface area contributed by atoms with Crippen molar-refractivity contribution in [1.82, 2.24) is 5.32 Å². The lowest BCUT2D eigenvalue weighted by Crippen LogP contribution is -2.47. The van der Waals surface area contributed by atoms with Crippen LogP contribution in [0.2, 0.25) is 0 Å². The number of nitrogens with one attached hydrogen (secondary N) is 1. The fraction of sp³-hybridized carbons (Fsp3) is 0.0833. The summed E-state index contributed by atoms with van der Waals surface area (Å²) in [5.41, 5.74) is 5.65. The zero-order valence-corrected chi connectivity index (χ0v) is 21.8. The molecule has 3 atom stereocenters. The van der Waals surface area contributed by atoms with Crippen molar-refractivity contribution in [3.8, 4) is 5.75 Å². The van der Waals surface area contributed by atoms with Crippen LogP contribution in [-0.2, 0) is 0 Å². The highest BCUT2D eigenvalue weighted by atomic mass is 16.5. The van der Waals surface area contributed by atoms with Crippen molar-refractivity contribution in [3.63, 3.8) is 0 Å². The Morgan fingerprint density at radius 1 is 0.675 bits per heavy atom. The van der Waals surface area contributed by atoms with Crippen molar-refractivity contribution in [1.29, 1.82) is 0 Å². The van der Waals surface area contributed by atoms with Crippen molar-refractivity contribution in [2.45, 2.75) is 12.1 Å². The Bertz CT molecular complexity index is 1780. The number of hydrogen-bond donors (Lipinski definition) is 1. The molecule has 1 N–H and O–H groups in total. The Labute approximate surface area is 233 Å². The maximum atomic E-state index is 6.30. The second-order valence-corrected chi connectivity index (χ2v) is 10.4. The Hall–Kier alpha value is -5.09. The zero-order valence-electron chi connectivity index (χ0n) is 21.8. The van der Waals surface area contributed by atoms with Gasteiger partial charge >= 0.3 is 0 Å². The maximum Gasteiger partial charge on any atom is 0.132 e. The molecule has 3 unspecified atom stereocenters. The Balaban J connectivity index is 1.28. The van der Waals surface area contributed by atoms with E-state index in [9.17, 15) is 0 Å². The molecule has 2 heterocycles. The number of para-hydroxylation sites is 3. The normalized spacial score (nSPS) is 20.4. The van der Waals surface area contributed by atoms with Gasteiger partial charge in [0.05, 0.1) is 23.7 Å². The summed E-state index contributed by atoms with van der Waals surface area (Å²) in [7, 11) is 0. The molecular weight excluding hydrogens is 490 g/mol. The summed E-state index contributed by atoms with van der Waals surface area (Å²) >= 11 is 0. The summed E-state index contributed by atoms with van der Waals surface area (Å²) in [5, 5.41) is 6.18. The highest BCUT2D eigenvalue weighted by Crippen LogP contribution is 2.46. The fourth-order valence-electron chi connectivity index (χ4n) is 6.33. The van der Waals surface area contributed by atoms with E-state index in [1.165, 1.54) is 10.9 Å². The van der Waals surface area contributed by atoms with E-state index in [4.69, 9.17) is 9.73 Å². The zero-order chi connectivity index (χ0) is 26.5. The first-order chi connectivity index (χ1) is 19.8. The summed E-state index contributed by atoms with van der Waals surface area (Å²) < 4.78 is 6.30. The van der Waals surface area contributed by atoms with Gasteiger partial charge in [0.1, 0.15) is 17.3 Å². The minimum absolute atomic E-state index is 0.0122. The first kappa shape index (κ1) is 22.9. The van der Waals surface area contributed by atoms with Crippen molar-refractivity contribution in [2.24, 2.45) is 10.9 Å². The fourth-order valence-corrected chi connectivity index (χ4v) is 6.33. The number of fused-ring (bicyclic) bond motifs is 3. The number of benzene rings is 5. The van der Waals surface area contributed by atoms with Gasteiger partial charge in [-0.2, -0.15) is 0 Å². The number of anilines is 3. The molecule has 0 amide bonds. The van der Waals surface area contributed by atoms with Gasteiger partial charge in [-0.15, -0.1) is 0 Å². The lowest BCUT2D eigenvalue weighted by atomic mass is 9.79. The highest BCUT2D eigenvalue weighted by Gasteiger charge is 2.43. The number of rotatable bonds is 4. The van der Waals surface area contributed by atoms with Gasteiger partial charge in [0.15, 0.2) is 0 Å². The van der Waals surface area contributed by atoms with E-state index in [-0.39, 0.29) is 18.0 Å². The average Bonchev–Trinajstić information content (AvgIpc) is 3.02. The first-order valence-electron chi connectivity index (χ1n) is 13.8. The monoisotopic (exact) mass is 517 g/mol. The molecule has 40 heavy (non-hydrogen) atoms. The predicted molar refractivity (Wildman–Crippen MR) is 163 cm³/mol. The summed E-state index contributed by atoms with van der Waals surface area (Å²) in [6.45, 7) is 0. The average molecular weight is 518 g/mol. The number of ether oxygens (including phenoxy) is 1. The van der Waals surface area contributed by atoms with Gasteiger partial charge in [0.25, 0.3) is 0 Å². The number of allylic oxidation sites excluding steroid dienone is 2. The molecule has 5 aromatic carbocycles. The van der Waals surface area contributed by atoms with Gasteiger partial charge in [-0.25, -0.2) is 0 Å². The third-order valence-corrected chi connectivity index (χ3v) is 8.10.